The van der Waals surface area contributed by atoms with Gasteiger partial charge in [0.25, 0.3) is 0 Å². The number of nitrogens with one attached hydrogen (secondary N) is 2. The summed E-state index contributed by atoms with van der Waals surface area (Å²) in [5.74, 6) is 0.203. The number of rotatable bonds is 3. The zero-order valence-electron chi connectivity index (χ0n) is 11.2. The van der Waals surface area contributed by atoms with Crippen LogP contribution in [0.4, 0.5) is 4.79 Å². The summed E-state index contributed by atoms with van der Waals surface area (Å²) in [7, 11) is 0. The fraction of sp³-hybridized carbons (Fsp3) is 0.846. The Hall–Kier alpha value is -0.530. The van der Waals surface area contributed by atoms with Crippen LogP contribution < -0.4 is 10.6 Å². The summed E-state index contributed by atoms with van der Waals surface area (Å²) in [6.07, 6.45) is 6.39. The molecule has 2 aliphatic rings. The minimum atomic E-state index is -0.0365. The molecule has 1 saturated heterocycles. The molecule has 3 amide bonds. The van der Waals surface area contributed by atoms with Gasteiger partial charge in [0.15, 0.2) is 0 Å². The van der Waals surface area contributed by atoms with Gasteiger partial charge in [0, 0.05) is 25.2 Å². The molecule has 2 rings (SSSR count). The first-order valence-corrected chi connectivity index (χ1v) is 8.62. The Morgan fingerprint density at radius 2 is 1.53 bits per heavy atom. The number of nitrogens with zero attached hydrogens (tertiary/aromatic N) is 1. The van der Waals surface area contributed by atoms with Gasteiger partial charge in [-0.15, -0.1) is 0 Å². The quantitative estimate of drug-likeness (QED) is 0.579. The van der Waals surface area contributed by atoms with E-state index in [1.807, 2.05) is 4.90 Å². The zero-order valence-corrected chi connectivity index (χ0v) is 13.3. The van der Waals surface area contributed by atoms with E-state index in [4.69, 9.17) is 0 Å². The van der Waals surface area contributed by atoms with Gasteiger partial charge in [0.1, 0.15) is 0 Å². The molecule has 0 spiro atoms. The Bertz CT molecular complexity index is 324. The number of likely N-dealkylation sites (tertiary alicyclic amines) is 1. The van der Waals surface area contributed by atoms with E-state index in [1.54, 1.807) is 0 Å². The molecule has 1 aliphatic carbocycles. The number of carbonyl (C=O) groups is 2. The van der Waals surface area contributed by atoms with Gasteiger partial charge < -0.3 is 15.5 Å². The summed E-state index contributed by atoms with van der Waals surface area (Å²) < 4.78 is 0.540. The second kappa shape index (κ2) is 7.31. The van der Waals surface area contributed by atoms with Crippen molar-refractivity contribution in [2.75, 3.05) is 17.5 Å². The summed E-state index contributed by atoms with van der Waals surface area (Å²) >= 11 is 2.10. The molecule has 6 heteroatoms. The number of carbonyl (C=O) groups excluding carboxylic acids is 2. The molecule has 0 aromatic heterocycles. The van der Waals surface area contributed by atoms with Crippen LogP contribution in [-0.2, 0) is 4.79 Å². The molecule has 1 saturated carbocycles. The maximum atomic E-state index is 11.8. The van der Waals surface area contributed by atoms with Gasteiger partial charge in [-0.2, -0.15) is 0 Å². The first-order valence-electron chi connectivity index (χ1n) is 7.10. The van der Waals surface area contributed by atoms with Crippen molar-refractivity contribution in [2.24, 2.45) is 0 Å². The molecule has 1 heterocycles. The standard InChI is InChI=1S/C13H22IN3O2/c14-9-12(18)17-7-5-11(6-8-17)16-13(19)15-10-3-1-2-4-10/h10-11H,1-9H2,(H2,15,16,19). The van der Waals surface area contributed by atoms with Crippen molar-refractivity contribution >= 4 is 34.5 Å². The molecule has 0 bridgehead atoms. The van der Waals surface area contributed by atoms with Gasteiger partial charge in [-0.3, -0.25) is 4.79 Å². The van der Waals surface area contributed by atoms with Gasteiger partial charge >= 0.3 is 6.03 Å². The van der Waals surface area contributed by atoms with Gasteiger partial charge in [-0.25, -0.2) is 4.79 Å². The highest BCUT2D eigenvalue weighted by Crippen LogP contribution is 2.17. The number of hydrogen-bond donors (Lipinski definition) is 2. The molecule has 0 radical (unpaired) electrons. The monoisotopic (exact) mass is 379 g/mol. The molecule has 0 aromatic rings. The van der Waals surface area contributed by atoms with Gasteiger partial charge in [0.2, 0.25) is 5.91 Å². The van der Waals surface area contributed by atoms with Crippen molar-refractivity contribution in [2.45, 2.75) is 50.6 Å². The topological polar surface area (TPSA) is 61.4 Å². The third-order valence-electron chi connectivity index (χ3n) is 3.99. The first kappa shape index (κ1) is 14.9. The number of alkyl halides is 1. The number of halogens is 1. The number of piperidine rings is 1. The lowest BCUT2D eigenvalue weighted by Gasteiger charge is -2.32. The van der Waals surface area contributed by atoms with Crippen LogP contribution in [0.5, 0.6) is 0 Å². The average molecular weight is 379 g/mol. The largest absolute Gasteiger partial charge is 0.342 e. The predicted molar refractivity (Wildman–Crippen MR) is 82.4 cm³/mol. The van der Waals surface area contributed by atoms with E-state index in [2.05, 4.69) is 33.2 Å². The van der Waals surface area contributed by atoms with Crippen LogP contribution in [0, 0.1) is 0 Å². The lowest BCUT2D eigenvalue weighted by molar-refractivity contribution is -0.129. The van der Waals surface area contributed by atoms with Crippen molar-refractivity contribution in [3.05, 3.63) is 0 Å². The summed E-state index contributed by atoms with van der Waals surface area (Å²) in [6.45, 7) is 1.52. The van der Waals surface area contributed by atoms with E-state index in [9.17, 15) is 9.59 Å². The first-order chi connectivity index (χ1) is 9.19. The molecular weight excluding hydrogens is 357 g/mol. The van der Waals surface area contributed by atoms with Crippen molar-refractivity contribution in [3.63, 3.8) is 0 Å². The van der Waals surface area contributed by atoms with E-state index in [1.165, 1.54) is 12.8 Å². The average Bonchev–Trinajstić information content (AvgIpc) is 2.91. The van der Waals surface area contributed by atoms with Crippen LogP contribution in [0.25, 0.3) is 0 Å². The lowest BCUT2D eigenvalue weighted by atomic mass is 10.1. The molecule has 2 N–H and O–H groups in total. The van der Waals surface area contributed by atoms with Gasteiger partial charge in [-0.05, 0) is 25.7 Å². The number of hydrogen-bond acceptors (Lipinski definition) is 2. The summed E-state index contributed by atoms with van der Waals surface area (Å²) in [4.78, 5) is 25.3. The molecule has 0 unspecified atom stereocenters. The van der Waals surface area contributed by atoms with Crippen molar-refractivity contribution in [1.29, 1.82) is 0 Å². The molecule has 1 aliphatic heterocycles. The van der Waals surface area contributed by atoms with Crippen LogP contribution >= 0.6 is 22.6 Å². The van der Waals surface area contributed by atoms with Crippen LogP contribution in [-0.4, -0.2) is 46.4 Å². The summed E-state index contributed by atoms with van der Waals surface area (Å²) in [6, 6.07) is 0.533. The zero-order chi connectivity index (χ0) is 13.7. The Kier molecular flexibility index (Phi) is 5.72. The van der Waals surface area contributed by atoms with E-state index >= 15 is 0 Å². The Morgan fingerprint density at radius 3 is 2.05 bits per heavy atom. The Labute approximate surface area is 128 Å². The van der Waals surface area contributed by atoms with Crippen LogP contribution in [0.1, 0.15) is 38.5 Å². The molecule has 5 nitrogen and oxygen atoms in total. The molecule has 0 atom stereocenters. The van der Waals surface area contributed by atoms with Crippen molar-refractivity contribution in [3.8, 4) is 0 Å². The predicted octanol–water partition coefficient (Wildman–Crippen LogP) is 1.65. The van der Waals surface area contributed by atoms with Crippen molar-refractivity contribution in [1.82, 2.24) is 15.5 Å². The molecule has 108 valence electrons. The molecular formula is C13H22IN3O2. The fourth-order valence-electron chi connectivity index (χ4n) is 2.84. The van der Waals surface area contributed by atoms with E-state index < -0.39 is 0 Å². The summed E-state index contributed by atoms with van der Waals surface area (Å²) in [5, 5.41) is 6.07. The third-order valence-corrected chi connectivity index (χ3v) is 4.64. The van der Waals surface area contributed by atoms with Crippen LogP contribution in [0.2, 0.25) is 0 Å². The van der Waals surface area contributed by atoms with E-state index in [0.29, 0.717) is 10.5 Å². The number of amides is 3. The highest BCUT2D eigenvalue weighted by molar-refractivity contribution is 14.1. The second-order valence-electron chi connectivity index (χ2n) is 5.39. The highest BCUT2D eigenvalue weighted by Gasteiger charge is 2.24. The number of urea groups is 1. The SMILES string of the molecule is O=C(NC1CCCC1)NC1CCN(C(=O)CI)CC1. The maximum Gasteiger partial charge on any atom is 0.315 e. The normalized spacial score (nSPS) is 21.4. The minimum Gasteiger partial charge on any atom is -0.342 e. The van der Waals surface area contributed by atoms with Crippen LogP contribution in [0.3, 0.4) is 0 Å². The van der Waals surface area contributed by atoms with E-state index in [-0.39, 0.29) is 18.0 Å². The minimum absolute atomic E-state index is 0.0365. The van der Waals surface area contributed by atoms with Crippen molar-refractivity contribution < 1.29 is 9.59 Å². The molecule has 0 aromatic carbocycles. The van der Waals surface area contributed by atoms with E-state index in [0.717, 1.165) is 38.8 Å². The lowest BCUT2D eigenvalue weighted by Crippen LogP contribution is -2.50. The van der Waals surface area contributed by atoms with Gasteiger partial charge in [0.05, 0.1) is 4.43 Å². The Morgan fingerprint density at radius 1 is 1.00 bits per heavy atom. The molecule has 2 fully saturated rings. The maximum absolute atomic E-state index is 11.8. The highest BCUT2D eigenvalue weighted by atomic mass is 127. The fourth-order valence-corrected chi connectivity index (χ4v) is 3.32. The van der Waals surface area contributed by atoms with Crippen LogP contribution in [0.15, 0.2) is 0 Å². The summed E-state index contributed by atoms with van der Waals surface area (Å²) in [5.41, 5.74) is 0. The smallest absolute Gasteiger partial charge is 0.315 e. The molecule has 19 heavy (non-hydrogen) atoms. The third kappa shape index (κ3) is 4.50. The second-order valence-corrected chi connectivity index (χ2v) is 6.15. The Balaban J connectivity index is 1.67. The van der Waals surface area contributed by atoms with Gasteiger partial charge in [-0.1, -0.05) is 35.4 Å².